The predicted octanol–water partition coefficient (Wildman–Crippen LogP) is 4.73. The maximum Gasteiger partial charge on any atom is 0.242 e. The van der Waals surface area contributed by atoms with Crippen molar-refractivity contribution in [3.63, 3.8) is 0 Å². The fraction of sp³-hybridized carbons (Fsp3) is 0.400. The van der Waals surface area contributed by atoms with Crippen LogP contribution in [0.1, 0.15) is 5.56 Å². The van der Waals surface area contributed by atoms with Crippen LogP contribution in [-0.2, 0) is 0 Å². The summed E-state index contributed by atoms with van der Waals surface area (Å²) >= 11 is 7.04. The van der Waals surface area contributed by atoms with Crippen LogP contribution in [0.25, 0.3) is 0 Å². The first kappa shape index (κ1) is 12.3. The number of halogens is 2. The molecule has 0 bridgehead atoms. The van der Waals surface area contributed by atoms with Gasteiger partial charge in [-0.25, -0.2) is 0 Å². The Morgan fingerprint density at radius 1 is 1.07 bits per heavy atom. The molecule has 1 aromatic rings. The summed E-state index contributed by atoms with van der Waals surface area (Å²) in [5, 5.41) is 0. The van der Waals surface area contributed by atoms with Gasteiger partial charge in [0.25, 0.3) is 0 Å². The molecule has 0 N–H and O–H groups in total. The van der Waals surface area contributed by atoms with Crippen molar-refractivity contribution < 1.29 is 4.43 Å². The van der Waals surface area contributed by atoms with E-state index in [9.17, 15) is 0 Å². The van der Waals surface area contributed by atoms with Crippen molar-refractivity contribution in [1.29, 1.82) is 0 Å². The summed E-state index contributed by atoms with van der Waals surface area (Å²) in [5.74, 6) is 0.926. The number of rotatable bonds is 2. The quantitative estimate of drug-likeness (QED) is 0.708. The molecule has 1 rings (SSSR count). The molecule has 0 spiro atoms. The van der Waals surface area contributed by atoms with E-state index in [2.05, 4.69) is 70.6 Å². The number of hydrogen-bond acceptors (Lipinski definition) is 1. The second-order valence-electron chi connectivity index (χ2n) is 4.27. The van der Waals surface area contributed by atoms with Crippen LogP contribution in [0.5, 0.6) is 5.75 Å². The summed E-state index contributed by atoms with van der Waals surface area (Å²) in [6, 6.07) is 4.14. The molecule has 0 saturated carbocycles. The molecule has 78 valence electrons. The van der Waals surface area contributed by atoms with E-state index in [1.165, 1.54) is 5.56 Å². The molecule has 0 saturated heterocycles. The van der Waals surface area contributed by atoms with E-state index in [1.807, 2.05) is 0 Å². The maximum absolute atomic E-state index is 5.96. The molecule has 0 aliphatic rings. The van der Waals surface area contributed by atoms with Crippen molar-refractivity contribution >= 4 is 40.2 Å². The fourth-order valence-corrected chi connectivity index (χ4v) is 3.80. The van der Waals surface area contributed by atoms with Gasteiger partial charge in [0, 0.05) is 0 Å². The topological polar surface area (TPSA) is 9.23 Å². The lowest BCUT2D eigenvalue weighted by atomic mass is 10.2. The van der Waals surface area contributed by atoms with Gasteiger partial charge in [0.1, 0.15) is 5.75 Å². The summed E-state index contributed by atoms with van der Waals surface area (Å²) in [4.78, 5) is 0. The summed E-state index contributed by atoms with van der Waals surface area (Å²) < 4.78 is 8.00. The second kappa shape index (κ2) is 4.37. The van der Waals surface area contributed by atoms with Gasteiger partial charge in [-0.15, -0.1) is 0 Å². The van der Waals surface area contributed by atoms with Crippen LogP contribution >= 0.6 is 31.9 Å². The highest BCUT2D eigenvalue weighted by Crippen LogP contribution is 2.36. The third kappa shape index (κ3) is 3.40. The van der Waals surface area contributed by atoms with Crippen molar-refractivity contribution in [2.24, 2.45) is 0 Å². The first-order valence-corrected chi connectivity index (χ1v) is 9.44. The normalized spacial score (nSPS) is 11.6. The van der Waals surface area contributed by atoms with Gasteiger partial charge in [-0.2, -0.15) is 0 Å². The number of benzene rings is 1. The monoisotopic (exact) mass is 336 g/mol. The Kier molecular flexibility index (Phi) is 3.83. The molecule has 0 unspecified atom stereocenters. The maximum atomic E-state index is 5.96. The third-order valence-corrected chi connectivity index (χ3v) is 3.55. The average molecular weight is 338 g/mol. The first-order valence-electron chi connectivity index (χ1n) is 4.44. The van der Waals surface area contributed by atoms with Crippen LogP contribution < -0.4 is 4.43 Å². The van der Waals surface area contributed by atoms with E-state index in [0.29, 0.717) is 0 Å². The van der Waals surface area contributed by atoms with Crippen LogP contribution in [0.4, 0.5) is 0 Å². The Labute approximate surface area is 103 Å². The molecule has 4 heteroatoms. The molecule has 14 heavy (non-hydrogen) atoms. The highest BCUT2D eigenvalue weighted by Gasteiger charge is 2.19. The van der Waals surface area contributed by atoms with E-state index < -0.39 is 8.32 Å². The molecule has 0 amide bonds. The molecule has 0 heterocycles. The SMILES string of the molecule is Cc1cc(Br)c(O[Si](C)(C)C)c(Br)c1. The molecule has 1 nitrogen and oxygen atoms in total. The van der Waals surface area contributed by atoms with E-state index in [0.717, 1.165) is 14.7 Å². The fourth-order valence-electron chi connectivity index (χ4n) is 1.09. The van der Waals surface area contributed by atoms with Gasteiger partial charge >= 0.3 is 0 Å². The molecule has 0 aliphatic carbocycles. The third-order valence-electron chi connectivity index (χ3n) is 1.55. The molecule has 0 radical (unpaired) electrons. The van der Waals surface area contributed by atoms with E-state index >= 15 is 0 Å². The molecule has 0 aliphatic heterocycles. The summed E-state index contributed by atoms with van der Waals surface area (Å²) in [5.41, 5.74) is 1.21. The summed E-state index contributed by atoms with van der Waals surface area (Å²) in [7, 11) is -1.54. The smallest absolute Gasteiger partial charge is 0.242 e. The van der Waals surface area contributed by atoms with Gasteiger partial charge in [0.2, 0.25) is 8.32 Å². The standard InChI is InChI=1S/C10H14Br2OSi/c1-7-5-8(11)10(9(12)6-7)13-14(2,3)4/h5-6H,1-4H3. The van der Waals surface area contributed by atoms with Crippen molar-refractivity contribution in [2.75, 3.05) is 0 Å². The minimum absolute atomic E-state index is 0.926. The van der Waals surface area contributed by atoms with Crippen molar-refractivity contribution in [1.82, 2.24) is 0 Å². The zero-order chi connectivity index (χ0) is 10.9. The first-order chi connectivity index (χ1) is 6.29. The van der Waals surface area contributed by atoms with E-state index in [-0.39, 0.29) is 0 Å². The zero-order valence-corrected chi connectivity index (χ0v) is 13.0. The molecular weight excluding hydrogens is 324 g/mol. The summed E-state index contributed by atoms with van der Waals surface area (Å²) in [6.07, 6.45) is 0. The Morgan fingerprint density at radius 2 is 1.50 bits per heavy atom. The second-order valence-corrected chi connectivity index (χ2v) is 10.4. The van der Waals surface area contributed by atoms with Gasteiger partial charge in [0.15, 0.2) is 0 Å². The van der Waals surface area contributed by atoms with Crippen LogP contribution in [0.2, 0.25) is 19.6 Å². The Bertz CT molecular complexity index is 321. The molecule has 0 aromatic heterocycles. The van der Waals surface area contributed by atoms with Crippen LogP contribution in [-0.4, -0.2) is 8.32 Å². The van der Waals surface area contributed by atoms with Crippen LogP contribution in [0.15, 0.2) is 21.1 Å². The summed E-state index contributed by atoms with van der Waals surface area (Å²) in [6.45, 7) is 8.58. The number of hydrogen-bond donors (Lipinski definition) is 0. The minimum atomic E-state index is -1.54. The Morgan fingerprint density at radius 3 is 1.86 bits per heavy atom. The van der Waals surface area contributed by atoms with Gasteiger partial charge in [-0.3, -0.25) is 0 Å². The zero-order valence-electron chi connectivity index (χ0n) is 8.82. The van der Waals surface area contributed by atoms with Gasteiger partial charge in [0.05, 0.1) is 8.95 Å². The van der Waals surface area contributed by atoms with Gasteiger partial charge in [-0.1, -0.05) is 0 Å². The number of aryl methyl sites for hydroxylation is 1. The predicted molar refractivity (Wildman–Crippen MR) is 70.6 cm³/mol. The minimum Gasteiger partial charge on any atom is -0.543 e. The van der Waals surface area contributed by atoms with Gasteiger partial charge in [-0.05, 0) is 76.1 Å². The van der Waals surface area contributed by atoms with Crippen LogP contribution in [0.3, 0.4) is 0 Å². The van der Waals surface area contributed by atoms with Gasteiger partial charge < -0.3 is 4.43 Å². The van der Waals surface area contributed by atoms with Crippen molar-refractivity contribution in [3.05, 3.63) is 26.6 Å². The molecular formula is C10H14Br2OSi. The lowest BCUT2D eigenvalue weighted by Crippen LogP contribution is -2.29. The molecule has 1 aromatic carbocycles. The van der Waals surface area contributed by atoms with Crippen molar-refractivity contribution in [2.45, 2.75) is 26.6 Å². The van der Waals surface area contributed by atoms with Crippen LogP contribution in [0, 0.1) is 6.92 Å². The lowest BCUT2D eigenvalue weighted by Gasteiger charge is -2.21. The highest BCUT2D eigenvalue weighted by molar-refractivity contribution is 9.11. The Balaban J connectivity index is 3.09. The average Bonchev–Trinajstić information content (AvgIpc) is 1.95. The molecule has 0 fully saturated rings. The van der Waals surface area contributed by atoms with Crippen molar-refractivity contribution in [3.8, 4) is 5.75 Å². The van der Waals surface area contributed by atoms with E-state index in [1.54, 1.807) is 0 Å². The lowest BCUT2D eigenvalue weighted by molar-refractivity contribution is 0.550. The van der Waals surface area contributed by atoms with E-state index in [4.69, 9.17) is 4.43 Å². The Hall–Kier alpha value is 0.197. The molecule has 0 atom stereocenters. The highest BCUT2D eigenvalue weighted by atomic mass is 79.9. The largest absolute Gasteiger partial charge is 0.543 e.